The lowest BCUT2D eigenvalue weighted by atomic mass is 9.94. The normalized spacial score (nSPS) is 28.6. The third-order valence-electron chi connectivity index (χ3n) is 3.13. The molecule has 0 radical (unpaired) electrons. The minimum absolute atomic E-state index is 0.107. The Morgan fingerprint density at radius 2 is 2.29 bits per heavy atom. The third-order valence-corrected chi connectivity index (χ3v) is 3.13. The van der Waals surface area contributed by atoms with Gasteiger partial charge in [0.15, 0.2) is 0 Å². The average molecular weight is 200 g/mol. The van der Waals surface area contributed by atoms with Crippen molar-refractivity contribution in [3.8, 4) is 0 Å². The van der Waals surface area contributed by atoms with Crippen LogP contribution in [0.5, 0.6) is 0 Å². The summed E-state index contributed by atoms with van der Waals surface area (Å²) in [5.74, 6) is 0.474. The largest absolute Gasteiger partial charge is 0.342 e. The molecule has 1 atom stereocenters. The summed E-state index contributed by atoms with van der Waals surface area (Å²) in [5.41, 5.74) is 0. The van der Waals surface area contributed by atoms with Crippen molar-refractivity contribution >= 4 is 5.91 Å². The molecule has 4 heteroatoms. The van der Waals surface area contributed by atoms with Gasteiger partial charge >= 0.3 is 0 Å². The maximum absolute atomic E-state index is 12.2. The maximum atomic E-state index is 12.2. The molecule has 80 valence electrons. The van der Waals surface area contributed by atoms with Crippen molar-refractivity contribution in [2.75, 3.05) is 32.9 Å². The average Bonchev–Trinajstić information content (AvgIpc) is 2.17. The van der Waals surface area contributed by atoms with Gasteiger partial charge in [-0.15, -0.1) is 0 Å². The van der Waals surface area contributed by atoms with E-state index in [1.165, 1.54) is 0 Å². The van der Waals surface area contributed by atoms with Gasteiger partial charge in [0.25, 0.3) is 0 Å². The first kappa shape index (κ1) is 9.90. The van der Waals surface area contributed by atoms with E-state index in [1.54, 1.807) is 4.90 Å². The molecular weight excluding hydrogens is 183 g/mol. The molecular formula is C10H17FN2O. The van der Waals surface area contributed by atoms with E-state index < -0.39 is 0 Å². The lowest BCUT2D eigenvalue weighted by molar-refractivity contribution is -0.142. The second-order valence-corrected chi connectivity index (χ2v) is 4.31. The molecule has 0 saturated carbocycles. The molecule has 2 saturated heterocycles. The maximum Gasteiger partial charge on any atom is 0.226 e. The number of hydrogen-bond donors (Lipinski definition) is 1. The van der Waals surface area contributed by atoms with Crippen LogP contribution >= 0.6 is 0 Å². The first-order valence-electron chi connectivity index (χ1n) is 5.36. The lowest BCUT2D eigenvalue weighted by Gasteiger charge is -2.40. The van der Waals surface area contributed by atoms with Crippen LogP contribution in [0.3, 0.4) is 0 Å². The Balaban J connectivity index is 1.78. The molecule has 2 fully saturated rings. The molecule has 2 rings (SSSR count). The number of alkyl halides is 1. The van der Waals surface area contributed by atoms with Crippen molar-refractivity contribution < 1.29 is 9.18 Å². The second-order valence-electron chi connectivity index (χ2n) is 4.31. The number of carbonyl (C=O) groups excluding carboxylic acids is 1. The third kappa shape index (κ3) is 1.90. The molecule has 14 heavy (non-hydrogen) atoms. The van der Waals surface area contributed by atoms with E-state index in [0.717, 1.165) is 25.9 Å². The van der Waals surface area contributed by atoms with Crippen LogP contribution in [0.15, 0.2) is 0 Å². The predicted molar refractivity (Wildman–Crippen MR) is 51.6 cm³/mol. The summed E-state index contributed by atoms with van der Waals surface area (Å²) in [7, 11) is 0. The fourth-order valence-corrected chi connectivity index (χ4v) is 2.17. The van der Waals surface area contributed by atoms with E-state index in [9.17, 15) is 9.18 Å². The van der Waals surface area contributed by atoms with Gasteiger partial charge in [-0.05, 0) is 19.4 Å². The highest BCUT2D eigenvalue weighted by atomic mass is 19.1. The van der Waals surface area contributed by atoms with E-state index in [4.69, 9.17) is 0 Å². The Morgan fingerprint density at radius 3 is 2.86 bits per heavy atom. The highest BCUT2D eigenvalue weighted by Crippen LogP contribution is 2.21. The smallest absolute Gasteiger partial charge is 0.226 e. The molecule has 1 unspecified atom stereocenters. The summed E-state index contributed by atoms with van der Waals surface area (Å²) in [6.45, 7) is 2.80. The van der Waals surface area contributed by atoms with Crippen LogP contribution in [0, 0.1) is 11.8 Å². The number of piperidine rings is 1. The summed E-state index contributed by atoms with van der Waals surface area (Å²) in [4.78, 5) is 13.6. The van der Waals surface area contributed by atoms with Gasteiger partial charge < -0.3 is 10.2 Å². The Morgan fingerprint density at radius 1 is 1.50 bits per heavy atom. The van der Waals surface area contributed by atoms with Crippen molar-refractivity contribution in [2.24, 2.45) is 11.8 Å². The van der Waals surface area contributed by atoms with Crippen LogP contribution in [0.4, 0.5) is 4.39 Å². The molecule has 0 bridgehead atoms. The highest BCUT2D eigenvalue weighted by molar-refractivity contribution is 5.80. The zero-order valence-corrected chi connectivity index (χ0v) is 8.34. The molecule has 0 aromatic rings. The molecule has 2 aliphatic heterocycles. The first-order valence-corrected chi connectivity index (χ1v) is 5.36. The Kier molecular flexibility index (Phi) is 3.01. The highest BCUT2D eigenvalue weighted by Gasteiger charge is 2.34. The van der Waals surface area contributed by atoms with Crippen molar-refractivity contribution in [3.63, 3.8) is 0 Å². The molecule has 0 aromatic heterocycles. The fourth-order valence-electron chi connectivity index (χ4n) is 2.17. The molecule has 2 aliphatic rings. The van der Waals surface area contributed by atoms with E-state index in [0.29, 0.717) is 13.1 Å². The minimum Gasteiger partial charge on any atom is -0.342 e. The molecule has 0 spiro atoms. The quantitative estimate of drug-likeness (QED) is 0.700. The molecule has 0 aliphatic carbocycles. The molecule has 1 N–H and O–H groups in total. The topological polar surface area (TPSA) is 32.3 Å². The lowest BCUT2D eigenvalue weighted by Crippen LogP contribution is -2.54. The van der Waals surface area contributed by atoms with Gasteiger partial charge in [-0.25, -0.2) is 0 Å². The van der Waals surface area contributed by atoms with Gasteiger partial charge in [-0.1, -0.05) is 0 Å². The Hall–Kier alpha value is -0.640. The van der Waals surface area contributed by atoms with E-state index in [-0.39, 0.29) is 24.4 Å². The van der Waals surface area contributed by atoms with Gasteiger partial charge in [0, 0.05) is 25.6 Å². The second kappa shape index (κ2) is 4.26. The predicted octanol–water partition coefficient (Wildman–Crippen LogP) is 0.414. The van der Waals surface area contributed by atoms with Crippen LogP contribution in [0.1, 0.15) is 12.8 Å². The van der Waals surface area contributed by atoms with Crippen molar-refractivity contribution in [1.29, 1.82) is 0 Å². The van der Waals surface area contributed by atoms with Crippen LogP contribution in [-0.4, -0.2) is 43.7 Å². The standard InChI is InChI=1S/C10H17FN2O/c11-4-8-6-13(7-8)10(14)9-2-1-3-12-5-9/h8-9,12H,1-7H2. The fraction of sp³-hybridized carbons (Fsp3) is 0.900. The first-order chi connectivity index (χ1) is 6.81. The van der Waals surface area contributed by atoms with Crippen molar-refractivity contribution in [2.45, 2.75) is 12.8 Å². The number of amides is 1. The molecule has 0 aromatic carbocycles. The number of halogens is 1. The van der Waals surface area contributed by atoms with Gasteiger partial charge in [0.05, 0.1) is 12.6 Å². The summed E-state index contributed by atoms with van der Waals surface area (Å²) < 4.78 is 12.2. The number of nitrogens with one attached hydrogen (secondary N) is 1. The monoisotopic (exact) mass is 200 g/mol. The van der Waals surface area contributed by atoms with Crippen LogP contribution < -0.4 is 5.32 Å². The van der Waals surface area contributed by atoms with Crippen LogP contribution in [-0.2, 0) is 4.79 Å². The van der Waals surface area contributed by atoms with Gasteiger partial charge in [-0.3, -0.25) is 9.18 Å². The number of nitrogens with zero attached hydrogens (tertiary/aromatic N) is 1. The van der Waals surface area contributed by atoms with Crippen LogP contribution in [0.25, 0.3) is 0 Å². The zero-order chi connectivity index (χ0) is 9.97. The number of likely N-dealkylation sites (tertiary alicyclic amines) is 1. The van der Waals surface area contributed by atoms with E-state index >= 15 is 0 Å². The zero-order valence-electron chi connectivity index (χ0n) is 8.34. The van der Waals surface area contributed by atoms with E-state index in [1.807, 2.05) is 0 Å². The van der Waals surface area contributed by atoms with Gasteiger partial charge in [0.2, 0.25) is 5.91 Å². The molecule has 3 nitrogen and oxygen atoms in total. The summed E-state index contributed by atoms with van der Waals surface area (Å²) in [6.07, 6.45) is 2.07. The minimum atomic E-state index is -0.285. The Labute approximate surface area is 83.6 Å². The van der Waals surface area contributed by atoms with Gasteiger partial charge in [0.1, 0.15) is 0 Å². The SMILES string of the molecule is O=C(C1CCCNC1)N1CC(CF)C1. The molecule has 2 heterocycles. The summed E-state index contributed by atoms with van der Waals surface area (Å²) in [6, 6.07) is 0. The van der Waals surface area contributed by atoms with Crippen LogP contribution in [0.2, 0.25) is 0 Å². The van der Waals surface area contributed by atoms with Crippen molar-refractivity contribution in [1.82, 2.24) is 10.2 Å². The number of carbonyl (C=O) groups is 1. The van der Waals surface area contributed by atoms with E-state index in [2.05, 4.69) is 5.32 Å². The summed E-state index contributed by atoms with van der Waals surface area (Å²) in [5, 5.41) is 3.22. The Bertz CT molecular complexity index is 210. The number of rotatable bonds is 2. The number of hydrogen-bond acceptors (Lipinski definition) is 2. The van der Waals surface area contributed by atoms with Crippen molar-refractivity contribution in [3.05, 3.63) is 0 Å². The van der Waals surface area contributed by atoms with Gasteiger partial charge in [-0.2, -0.15) is 0 Å². The summed E-state index contributed by atoms with van der Waals surface area (Å²) >= 11 is 0. The molecule has 1 amide bonds.